The second-order valence-electron chi connectivity index (χ2n) is 7.25. The highest BCUT2D eigenvalue weighted by Crippen LogP contribution is 2.23. The molecule has 2 aromatic rings. The Kier molecular flexibility index (Phi) is 6.71. The SMILES string of the molecule is COC(=O)C1=C(Nc2cccc(C(=O)Nc3ccc(C)c(C)c3)c2)C(=O)N(CCO)C1. The second kappa shape index (κ2) is 9.44. The van der Waals surface area contributed by atoms with Crippen LogP contribution in [0.15, 0.2) is 53.7 Å². The normalized spacial score (nSPS) is 13.4. The molecule has 0 unspecified atom stereocenters. The molecule has 1 heterocycles. The Morgan fingerprint density at radius 3 is 2.55 bits per heavy atom. The summed E-state index contributed by atoms with van der Waals surface area (Å²) in [6.07, 6.45) is 0. The van der Waals surface area contributed by atoms with Crippen molar-refractivity contribution in [2.75, 3.05) is 37.4 Å². The smallest absolute Gasteiger partial charge is 0.337 e. The summed E-state index contributed by atoms with van der Waals surface area (Å²) in [7, 11) is 1.24. The van der Waals surface area contributed by atoms with Gasteiger partial charge < -0.3 is 25.4 Å². The first-order valence-electron chi connectivity index (χ1n) is 9.81. The van der Waals surface area contributed by atoms with E-state index in [9.17, 15) is 14.4 Å². The van der Waals surface area contributed by atoms with E-state index >= 15 is 0 Å². The van der Waals surface area contributed by atoms with Crippen LogP contribution in [0, 0.1) is 13.8 Å². The second-order valence-corrected chi connectivity index (χ2v) is 7.25. The molecule has 1 aliphatic rings. The molecule has 0 aliphatic carbocycles. The minimum absolute atomic E-state index is 0.0430. The van der Waals surface area contributed by atoms with Gasteiger partial charge in [-0.25, -0.2) is 4.79 Å². The predicted octanol–water partition coefficient (Wildman–Crippen LogP) is 2.23. The van der Waals surface area contributed by atoms with Crippen molar-refractivity contribution in [1.82, 2.24) is 4.90 Å². The monoisotopic (exact) mass is 423 g/mol. The summed E-state index contributed by atoms with van der Waals surface area (Å²) in [5.74, 6) is -1.34. The minimum atomic E-state index is -0.625. The van der Waals surface area contributed by atoms with Crippen LogP contribution in [0.2, 0.25) is 0 Å². The number of aryl methyl sites for hydroxylation is 2. The predicted molar refractivity (Wildman–Crippen MR) is 117 cm³/mol. The van der Waals surface area contributed by atoms with Gasteiger partial charge in [-0.15, -0.1) is 0 Å². The number of nitrogens with zero attached hydrogens (tertiary/aromatic N) is 1. The first kappa shape index (κ1) is 22.0. The van der Waals surface area contributed by atoms with Gasteiger partial charge in [0, 0.05) is 23.5 Å². The molecule has 0 atom stereocenters. The summed E-state index contributed by atoms with van der Waals surface area (Å²) >= 11 is 0. The van der Waals surface area contributed by atoms with Gasteiger partial charge in [0.1, 0.15) is 5.70 Å². The molecular formula is C23H25N3O5. The average molecular weight is 423 g/mol. The molecule has 0 radical (unpaired) electrons. The summed E-state index contributed by atoms with van der Waals surface area (Å²) in [5, 5.41) is 15.0. The van der Waals surface area contributed by atoms with Crippen molar-refractivity contribution in [3.05, 3.63) is 70.4 Å². The number of methoxy groups -OCH3 is 1. The lowest BCUT2D eigenvalue weighted by atomic mass is 10.1. The van der Waals surface area contributed by atoms with Crippen LogP contribution in [0.25, 0.3) is 0 Å². The fraction of sp³-hybridized carbons (Fsp3) is 0.261. The number of carbonyl (C=O) groups is 3. The maximum atomic E-state index is 12.7. The number of nitrogens with one attached hydrogen (secondary N) is 2. The van der Waals surface area contributed by atoms with E-state index in [1.54, 1.807) is 24.3 Å². The van der Waals surface area contributed by atoms with Gasteiger partial charge >= 0.3 is 5.97 Å². The van der Waals surface area contributed by atoms with E-state index in [0.29, 0.717) is 16.9 Å². The van der Waals surface area contributed by atoms with Gasteiger partial charge in [-0.05, 0) is 55.3 Å². The molecule has 0 bridgehead atoms. The standard InChI is InChI=1S/C23H25N3O5/c1-14-7-8-18(11-15(14)2)25-21(28)16-5-4-6-17(12-16)24-20-19(23(30)31-3)13-26(9-10-27)22(20)29/h4-8,11-12,24,27H,9-10,13H2,1-3H3,(H,25,28). The number of β-amino-alcohol motifs (C(OH)–C–C–N with tert-alkyl or cyclic N) is 1. The maximum absolute atomic E-state index is 12.7. The van der Waals surface area contributed by atoms with Crippen LogP contribution in [0.5, 0.6) is 0 Å². The van der Waals surface area contributed by atoms with Gasteiger partial charge in [-0.2, -0.15) is 0 Å². The van der Waals surface area contributed by atoms with Crippen LogP contribution in [0.1, 0.15) is 21.5 Å². The molecule has 1 aliphatic heterocycles. The van der Waals surface area contributed by atoms with Crippen LogP contribution < -0.4 is 10.6 Å². The fourth-order valence-electron chi connectivity index (χ4n) is 3.25. The number of anilines is 2. The number of carbonyl (C=O) groups excluding carboxylic acids is 3. The third-order valence-electron chi connectivity index (χ3n) is 5.11. The highest BCUT2D eigenvalue weighted by atomic mass is 16.5. The molecule has 2 aromatic carbocycles. The summed E-state index contributed by atoms with van der Waals surface area (Å²) in [4.78, 5) is 38.8. The van der Waals surface area contributed by atoms with E-state index in [-0.39, 0.29) is 36.9 Å². The first-order chi connectivity index (χ1) is 14.8. The quantitative estimate of drug-likeness (QED) is 0.590. The van der Waals surface area contributed by atoms with Crippen LogP contribution >= 0.6 is 0 Å². The molecule has 2 amide bonds. The van der Waals surface area contributed by atoms with E-state index < -0.39 is 11.9 Å². The summed E-state index contributed by atoms with van der Waals surface area (Å²) in [6, 6.07) is 12.3. The Labute approximate surface area is 180 Å². The van der Waals surface area contributed by atoms with Gasteiger partial charge in [0.25, 0.3) is 11.8 Å². The van der Waals surface area contributed by atoms with Crippen LogP contribution in [0.4, 0.5) is 11.4 Å². The molecule has 0 saturated heterocycles. The van der Waals surface area contributed by atoms with Gasteiger partial charge in [0.05, 0.1) is 25.8 Å². The van der Waals surface area contributed by atoms with Gasteiger partial charge in [0.15, 0.2) is 0 Å². The summed E-state index contributed by atoms with van der Waals surface area (Å²) in [6.45, 7) is 3.89. The number of ether oxygens (including phenoxy) is 1. The van der Waals surface area contributed by atoms with Crippen molar-refractivity contribution in [2.45, 2.75) is 13.8 Å². The Morgan fingerprint density at radius 2 is 1.87 bits per heavy atom. The third kappa shape index (κ3) is 4.92. The van der Waals surface area contributed by atoms with Crippen molar-refractivity contribution in [1.29, 1.82) is 0 Å². The Hall–Kier alpha value is -3.65. The largest absolute Gasteiger partial charge is 0.466 e. The van der Waals surface area contributed by atoms with E-state index in [1.165, 1.54) is 12.0 Å². The van der Waals surface area contributed by atoms with E-state index in [0.717, 1.165) is 11.1 Å². The minimum Gasteiger partial charge on any atom is -0.466 e. The average Bonchev–Trinajstić information content (AvgIpc) is 3.06. The molecule has 0 fully saturated rings. The molecule has 8 nitrogen and oxygen atoms in total. The van der Waals surface area contributed by atoms with E-state index in [4.69, 9.17) is 9.84 Å². The van der Waals surface area contributed by atoms with Crippen molar-refractivity contribution in [3.8, 4) is 0 Å². The lowest BCUT2D eigenvalue weighted by Crippen LogP contribution is -2.31. The number of rotatable bonds is 7. The van der Waals surface area contributed by atoms with Crippen molar-refractivity contribution >= 4 is 29.2 Å². The van der Waals surface area contributed by atoms with E-state index in [1.807, 2.05) is 32.0 Å². The third-order valence-corrected chi connectivity index (χ3v) is 5.11. The number of hydrogen-bond acceptors (Lipinski definition) is 6. The summed E-state index contributed by atoms with van der Waals surface area (Å²) in [5.41, 5.74) is 4.01. The highest BCUT2D eigenvalue weighted by Gasteiger charge is 2.34. The fourth-order valence-corrected chi connectivity index (χ4v) is 3.25. The molecule has 3 N–H and O–H groups in total. The molecule has 162 valence electrons. The first-order valence-corrected chi connectivity index (χ1v) is 9.81. The van der Waals surface area contributed by atoms with Crippen molar-refractivity contribution < 1.29 is 24.2 Å². The maximum Gasteiger partial charge on any atom is 0.337 e. The zero-order chi connectivity index (χ0) is 22.5. The highest BCUT2D eigenvalue weighted by molar-refractivity contribution is 6.09. The summed E-state index contributed by atoms with van der Waals surface area (Å²) < 4.78 is 4.78. The molecule has 0 aromatic heterocycles. The number of hydrogen-bond donors (Lipinski definition) is 3. The number of amides is 2. The number of aliphatic hydroxyl groups excluding tert-OH is 1. The lowest BCUT2D eigenvalue weighted by molar-refractivity contribution is -0.136. The van der Waals surface area contributed by atoms with Gasteiger partial charge in [-0.1, -0.05) is 12.1 Å². The lowest BCUT2D eigenvalue weighted by Gasteiger charge is -2.15. The topological polar surface area (TPSA) is 108 Å². The van der Waals surface area contributed by atoms with Crippen LogP contribution in [0.3, 0.4) is 0 Å². The van der Waals surface area contributed by atoms with Gasteiger partial charge in [0.2, 0.25) is 0 Å². The van der Waals surface area contributed by atoms with Crippen LogP contribution in [-0.4, -0.2) is 54.6 Å². The molecule has 31 heavy (non-hydrogen) atoms. The van der Waals surface area contributed by atoms with Crippen molar-refractivity contribution in [3.63, 3.8) is 0 Å². The number of esters is 1. The molecule has 3 rings (SSSR count). The Morgan fingerprint density at radius 1 is 1.10 bits per heavy atom. The van der Waals surface area contributed by atoms with Gasteiger partial charge in [-0.3, -0.25) is 9.59 Å². The molecular weight excluding hydrogens is 398 g/mol. The number of aliphatic hydroxyl groups is 1. The van der Waals surface area contributed by atoms with Crippen molar-refractivity contribution in [2.24, 2.45) is 0 Å². The van der Waals surface area contributed by atoms with Crippen LogP contribution in [-0.2, 0) is 14.3 Å². The molecule has 0 saturated carbocycles. The zero-order valence-electron chi connectivity index (χ0n) is 17.7. The molecule has 0 spiro atoms. The van der Waals surface area contributed by atoms with E-state index in [2.05, 4.69) is 10.6 Å². The Bertz CT molecular complexity index is 1060. The number of benzene rings is 2. The molecule has 8 heteroatoms. The Balaban J connectivity index is 1.81. The zero-order valence-corrected chi connectivity index (χ0v) is 17.7.